The molecule has 4 nitrogen and oxygen atoms in total. The molecule has 0 radical (unpaired) electrons. The monoisotopic (exact) mass is 298 g/mol. The predicted octanol–water partition coefficient (Wildman–Crippen LogP) is 4.14. The van der Waals surface area contributed by atoms with Gasteiger partial charge in [-0.25, -0.2) is 4.79 Å². The average molecular weight is 298 g/mol. The Bertz CT molecular complexity index is 582. The summed E-state index contributed by atoms with van der Waals surface area (Å²) in [5.74, 6) is 0.771. The van der Waals surface area contributed by atoms with Gasteiger partial charge in [0.2, 0.25) is 0 Å². The fourth-order valence-electron chi connectivity index (χ4n) is 2.20. The van der Waals surface area contributed by atoms with Gasteiger partial charge in [-0.1, -0.05) is 37.3 Å². The molecule has 0 aromatic heterocycles. The fourth-order valence-corrected chi connectivity index (χ4v) is 2.20. The highest BCUT2D eigenvalue weighted by molar-refractivity contribution is 5.89. The Labute approximate surface area is 131 Å². The van der Waals surface area contributed by atoms with E-state index in [1.807, 2.05) is 59.5 Å². The number of carbonyl (C=O) groups excluding carboxylic acids is 1. The number of benzene rings is 2. The molecule has 0 saturated heterocycles. The normalized spacial score (nSPS) is 10.1. The smallest absolute Gasteiger partial charge is 0.322 e. The van der Waals surface area contributed by atoms with E-state index in [2.05, 4.69) is 12.2 Å². The molecule has 2 aromatic carbocycles. The maximum absolute atomic E-state index is 12.4. The van der Waals surface area contributed by atoms with E-state index in [-0.39, 0.29) is 6.03 Å². The molecule has 0 spiro atoms. The van der Waals surface area contributed by atoms with E-state index in [9.17, 15) is 4.79 Å². The minimum atomic E-state index is -0.0872. The highest BCUT2D eigenvalue weighted by Gasteiger charge is 2.13. The maximum atomic E-state index is 12.4. The summed E-state index contributed by atoms with van der Waals surface area (Å²) in [4.78, 5) is 14.3. The second-order valence-corrected chi connectivity index (χ2v) is 5.07. The van der Waals surface area contributed by atoms with E-state index < -0.39 is 0 Å². The van der Waals surface area contributed by atoms with E-state index in [1.165, 1.54) is 0 Å². The van der Waals surface area contributed by atoms with E-state index in [1.54, 1.807) is 7.11 Å². The van der Waals surface area contributed by atoms with E-state index in [0.29, 0.717) is 6.54 Å². The summed E-state index contributed by atoms with van der Waals surface area (Å²) >= 11 is 0. The number of urea groups is 1. The molecule has 0 bridgehead atoms. The van der Waals surface area contributed by atoms with Crippen molar-refractivity contribution in [3.05, 3.63) is 60.2 Å². The van der Waals surface area contributed by atoms with Gasteiger partial charge in [-0.05, 0) is 36.2 Å². The highest BCUT2D eigenvalue weighted by Crippen LogP contribution is 2.16. The number of nitrogens with zero attached hydrogens (tertiary/aromatic N) is 1. The lowest BCUT2D eigenvalue weighted by Crippen LogP contribution is -2.35. The van der Waals surface area contributed by atoms with Crippen molar-refractivity contribution in [1.82, 2.24) is 4.90 Å². The molecule has 0 fully saturated rings. The lowest BCUT2D eigenvalue weighted by Gasteiger charge is -2.22. The molecule has 0 saturated carbocycles. The minimum Gasteiger partial charge on any atom is -0.497 e. The van der Waals surface area contributed by atoms with Gasteiger partial charge in [0.1, 0.15) is 5.75 Å². The molecular weight excluding hydrogens is 276 g/mol. The topological polar surface area (TPSA) is 41.6 Å². The predicted molar refractivity (Wildman–Crippen MR) is 89.2 cm³/mol. The zero-order chi connectivity index (χ0) is 15.8. The number of amides is 2. The zero-order valence-electron chi connectivity index (χ0n) is 13.1. The number of rotatable bonds is 6. The van der Waals surface area contributed by atoms with Gasteiger partial charge in [0.25, 0.3) is 0 Å². The van der Waals surface area contributed by atoms with Gasteiger partial charge in [0.05, 0.1) is 7.11 Å². The maximum Gasteiger partial charge on any atom is 0.322 e. The fraction of sp³-hybridized carbons (Fsp3) is 0.278. The number of nitrogens with one attached hydrogen (secondary N) is 1. The molecule has 0 atom stereocenters. The van der Waals surface area contributed by atoms with Crippen molar-refractivity contribution >= 4 is 11.7 Å². The van der Waals surface area contributed by atoms with E-state index in [0.717, 1.165) is 30.0 Å². The van der Waals surface area contributed by atoms with Gasteiger partial charge in [-0.2, -0.15) is 0 Å². The van der Waals surface area contributed by atoms with Crippen LogP contribution in [-0.2, 0) is 6.54 Å². The molecule has 116 valence electrons. The number of hydrogen-bond acceptors (Lipinski definition) is 2. The third kappa shape index (κ3) is 4.52. The molecule has 2 aromatic rings. The van der Waals surface area contributed by atoms with Crippen LogP contribution in [0.1, 0.15) is 18.9 Å². The van der Waals surface area contributed by atoms with Crippen LogP contribution in [0.25, 0.3) is 0 Å². The first kappa shape index (κ1) is 15.9. The van der Waals surface area contributed by atoms with Crippen LogP contribution in [0.5, 0.6) is 5.75 Å². The lowest BCUT2D eigenvalue weighted by atomic mass is 10.2. The first-order valence-electron chi connectivity index (χ1n) is 7.47. The molecule has 0 aliphatic rings. The van der Waals surface area contributed by atoms with Crippen LogP contribution in [-0.4, -0.2) is 24.6 Å². The summed E-state index contributed by atoms with van der Waals surface area (Å²) in [6.07, 6.45) is 0.920. The Balaban J connectivity index is 2.02. The summed E-state index contributed by atoms with van der Waals surface area (Å²) < 4.78 is 5.12. The van der Waals surface area contributed by atoms with Gasteiger partial charge in [-0.15, -0.1) is 0 Å². The minimum absolute atomic E-state index is 0.0872. The molecule has 0 heterocycles. The summed E-state index contributed by atoms with van der Waals surface area (Å²) in [5.41, 5.74) is 1.89. The van der Waals surface area contributed by atoms with Crippen LogP contribution in [0, 0.1) is 0 Å². The molecule has 22 heavy (non-hydrogen) atoms. The van der Waals surface area contributed by atoms with Gasteiger partial charge >= 0.3 is 6.03 Å². The van der Waals surface area contributed by atoms with Crippen molar-refractivity contribution in [1.29, 1.82) is 0 Å². The van der Waals surface area contributed by atoms with Gasteiger partial charge in [-0.3, -0.25) is 0 Å². The summed E-state index contributed by atoms with van der Waals surface area (Å²) in [6, 6.07) is 17.3. The Kier molecular flexibility index (Phi) is 5.83. The molecule has 4 heteroatoms. The Morgan fingerprint density at radius 2 is 1.77 bits per heavy atom. The lowest BCUT2D eigenvalue weighted by molar-refractivity contribution is 0.209. The van der Waals surface area contributed by atoms with Crippen LogP contribution in [0.4, 0.5) is 10.5 Å². The van der Waals surface area contributed by atoms with Crippen LogP contribution in [0.15, 0.2) is 54.6 Å². The second-order valence-electron chi connectivity index (χ2n) is 5.07. The van der Waals surface area contributed by atoms with Crippen molar-refractivity contribution in [2.75, 3.05) is 19.0 Å². The molecule has 2 amide bonds. The van der Waals surface area contributed by atoms with Crippen molar-refractivity contribution in [2.24, 2.45) is 0 Å². The SMILES string of the molecule is CCCN(Cc1ccccc1)C(=O)Nc1ccc(OC)cc1. The number of methoxy groups -OCH3 is 1. The van der Waals surface area contributed by atoms with Crippen molar-refractivity contribution in [2.45, 2.75) is 19.9 Å². The number of carbonyl (C=O) groups is 1. The van der Waals surface area contributed by atoms with Crippen molar-refractivity contribution in [3.63, 3.8) is 0 Å². The third-order valence-electron chi connectivity index (χ3n) is 3.34. The molecular formula is C18H22N2O2. The first-order valence-corrected chi connectivity index (χ1v) is 7.47. The Morgan fingerprint density at radius 3 is 2.36 bits per heavy atom. The van der Waals surface area contributed by atoms with Gasteiger partial charge in [0, 0.05) is 18.8 Å². The summed E-state index contributed by atoms with van der Waals surface area (Å²) in [6.45, 7) is 3.40. The van der Waals surface area contributed by atoms with Gasteiger partial charge < -0.3 is 15.0 Å². The van der Waals surface area contributed by atoms with Crippen LogP contribution >= 0.6 is 0 Å². The Hall–Kier alpha value is -2.49. The molecule has 0 aliphatic heterocycles. The van der Waals surface area contributed by atoms with Crippen LogP contribution < -0.4 is 10.1 Å². The number of hydrogen-bond donors (Lipinski definition) is 1. The number of ether oxygens (including phenoxy) is 1. The summed E-state index contributed by atoms with van der Waals surface area (Å²) in [7, 11) is 1.62. The molecule has 2 rings (SSSR count). The van der Waals surface area contributed by atoms with Crippen LogP contribution in [0.2, 0.25) is 0 Å². The van der Waals surface area contributed by atoms with Crippen molar-refractivity contribution < 1.29 is 9.53 Å². The zero-order valence-corrected chi connectivity index (χ0v) is 13.1. The highest BCUT2D eigenvalue weighted by atomic mass is 16.5. The quantitative estimate of drug-likeness (QED) is 0.871. The van der Waals surface area contributed by atoms with Gasteiger partial charge in [0.15, 0.2) is 0 Å². The van der Waals surface area contributed by atoms with E-state index in [4.69, 9.17) is 4.74 Å². The largest absolute Gasteiger partial charge is 0.497 e. The average Bonchev–Trinajstić information content (AvgIpc) is 2.56. The van der Waals surface area contributed by atoms with E-state index >= 15 is 0 Å². The number of anilines is 1. The summed E-state index contributed by atoms with van der Waals surface area (Å²) in [5, 5.41) is 2.93. The first-order chi connectivity index (χ1) is 10.7. The second kappa shape index (κ2) is 8.08. The molecule has 1 N–H and O–H groups in total. The molecule has 0 aliphatic carbocycles. The third-order valence-corrected chi connectivity index (χ3v) is 3.34. The molecule has 0 unspecified atom stereocenters. The van der Waals surface area contributed by atoms with Crippen LogP contribution in [0.3, 0.4) is 0 Å². The Morgan fingerprint density at radius 1 is 1.09 bits per heavy atom. The van der Waals surface area contributed by atoms with Crippen molar-refractivity contribution in [3.8, 4) is 5.75 Å². The standard InChI is InChI=1S/C18H22N2O2/c1-3-13-20(14-15-7-5-4-6-8-15)18(21)19-16-9-11-17(22-2)12-10-16/h4-12H,3,13-14H2,1-2H3,(H,19,21).